The molecule has 1 unspecified atom stereocenters. The van der Waals surface area contributed by atoms with Gasteiger partial charge in [0.1, 0.15) is 6.04 Å². The van der Waals surface area contributed by atoms with Gasteiger partial charge in [-0.3, -0.25) is 14.6 Å². The number of Topliss-reactive ketones (excluding diaryl/α,β-unsaturated/α-hetero) is 1. The lowest BCUT2D eigenvalue weighted by atomic mass is 9.85. The van der Waals surface area contributed by atoms with E-state index in [4.69, 9.17) is 10.7 Å². The molecule has 1 aliphatic rings. The summed E-state index contributed by atoms with van der Waals surface area (Å²) >= 11 is 0. The van der Waals surface area contributed by atoms with E-state index in [1.165, 1.54) is 6.92 Å². The molecule has 0 aromatic heterocycles. The lowest BCUT2D eigenvalue weighted by Gasteiger charge is -2.31. The van der Waals surface area contributed by atoms with Gasteiger partial charge in [0.25, 0.3) is 0 Å². The summed E-state index contributed by atoms with van der Waals surface area (Å²) in [4.78, 5) is 28.4. The number of nitrogens with two attached hydrogens (primary N) is 1. The molecule has 140 valence electrons. The van der Waals surface area contributed by atoms with Crippen molar-refractivity contribution in [3.8, 4) is 0 Å². The van der Waals surface area contributed by atoms with Gasteiger partial charge < -0.3 is 11.2 Å². The highest BCUT2D eigenvalue weighted by Gasteiger charge is 2.32. The Morgan fingerprint density at radius 3 is 2.41 bits per heavy atom. The van der Waals surface area contributed by atoms with E-state index >= 15 is 0 Å². The largest absolute Gasteiger partial charge is 0.368 e. The van der Waals surface area contributed by atoms with Crippen molar-refractivity contribution in [1.82, 2.24) is 5.43 Å². The van der Waals surface area contributed by atoms with Crippen molar-refractivity contribution in [2.45, 2.75) is 38.8 Å². The summed E-state index contributed by atoms with van der Waals surface area (Å²) in [6.45, 7) is 5.59. The topological polar surface area (TPSA) is 96.6 Å². The number of primary amides is 1. The summed E-state index contributed by atoms with van der Waals surface area (Å²) in [6, 6.07) is 14.1. The Labute approximate surface area is 158 Å². The maximum Gasteiger partial charge on any atom is 0.242 e. The highest BCUT2D eigenvalue weighted by molar-refractivity contribution is 6.17. The number of ketones is 1. The van der Waals surface area contributed by atoms with Crippen LogP contribution < -0.4 is 16.6 Å². The summed E-state index contributed by atoms with van der Waals surface area (Å²) in [7, 11) is 0. The molecule has 6 heteroatoms. The third-order valence-corrected chi connectivity index (χ3v) is 4.55. The number of nitrogens with zero attached hydrogens (tertiary/aromatic N) is 1. The molecule has 0 bridgehead atoms. The van der Waals surface area contributed by atoms with E-state index in [9.17, 15) is 9.59 Å². The zero-order valence-corrected chi connectivity index (χ0v) is 15.7. The maximum absolute atomic E-state index is 12.2. The molecular formula is C21H24N4O2. The summed E-state index contributed by atoms with van der Waals surface area (Å²) in [5.41, 5.74) is 15.4. The molecular weight excluding hydrogens is 340 g/mol. The molecule has 2 aromatic carbocycles. The van der Waals surface area contributed by atoms with Crippen molar-refractivity contribution >= 4 is 23.1 Å². The quantitative estimate of drug-likeness (QED) is 0.542. The van der Waals surface area contributed by atoms with Crippen LogP contribution in [0.15, 0.2) is 53.5 Å². The smallest absolute Gasteiger partial charge is 0.242 e. The monoisotopic (exact) mass is 364 g/mol. The van der Waals surface area contributed by atoms with Crippen LogP contribution in [-0.4, -0.2) is 29.0 Å². The Balaban J connectivity index is 1.86. The van der Waals surface area contributed by atoms with Crippen molar-refractivity contribution in [3.63, 3.8) is 0 Å². The molecule has 0 radical (unpaired) electrons. The molecule has 4 N–H and O–H groups in total. The van der Waals surface area contributed by atoms with Crippen LogP contribution in [0, 0.1) is 0 Å². The maximum atomic E-state index is 12.2. The van der Waals surface area contributed by atoms with E-state index in [1.807, 2.05) is 32.0 Å². The molecule has 2 aromatic rings. The molecule has 0 aliphatic carbocycles. The second kappa shape index (κ2) is 7.32. The minimum atomic E-state index is -0.793. The molecule has 27 heavy (non-hydrogen) atoms. The standard InChI is InChI=1S/C21H24N4O2/c1-13(26)14-8-10-16(11-9-14)24-25-19(20(22)27)18-17-7-5-4-6-15(17)12-21(2,3)23-18/h4-11,19,24-25H,12H2,1-3H3,(H2,22,27). The van der Waals surface area contributed by atoms with Crippen molar-refractivity contribution in [2.24, 2.45) is 10.7 Å². The first-order chi connectivity index (χ1) is 12.8. The van der Waals surface area contributed by atoms with Gasteiger partial charge in [-0.1, -0.05) is 24.3 Å². The average Bonchev–Trinajstić information content (AvgIpc) is 2.61. The van der Waals surface area contributed by atoms with Gasteiger partial charge in [0.2, 0.25) is 5.91 Å². The van der Waals surface area contributed by atoms with Crippen LogP contribution in [0.4, 0.5) is 5.69 Å². The number of carbonyl (C=O) groups excluding carboxylic acids is 2. The Morgan fingerprint density at radius 2 is 1.78 bits per heavy atom. The number of carbonyl (C=O) groups is 2. The van der Waals surface area contributed by atoms with E-state index in [1.54, 1.807) is 24.3 Å². The number of hydrazine groups is 1. The minimum Gasteiger partial charge on any atom is -0.368 e. The molecule has 0 saturated heterocycles. The lowest BCUT2D eigenvalue weighted by molar-refractivity contribution is -0.118. The number of hydrogen-bond acceptors (Lipinski definition) is 5. The van der Waals surface area contributed by atoms with Crippen LogP contribution in [0.1, 0.15) is 42.3 Å². The molecule has 3 rings (SSSR count). The second-order valence-electron chi connectivity index (χ2n) is 7.38. The van der Waals surface area contributed by atoms with E-state index in [2.05, 4.69) is 16.9 Å². The van der Waals surface area contributed by atoms with Crippen molar-refractivity contribution in [3.05, 3.63) is 65.2 Å². The predicted molar refractivity (Wildman–Crippen MR) is 107 cm³/mol. The molecule has 1 aliphatic heterocycles. The van der Waals surface area contributed by atoms with Crippen LogP contribution in [0.5, 0.6) is 0 Å². The molecule has 0 spiro atoms. The van der Waals surface area contributed by atoms with Crippen molar-refractivity contribution in [2.75, 3.05) is 5.43 Å². The van der Waals surface area contributed by atoms with Gasteiger partial charge in [-0.25, -0.2) is 5.43 Å². The number of fused-ring (bicyclic) bond motifs is 1. The van der Waals surface area contributed by atoms with Gasteiger partial charge in [-0.15, -0.1) is 0 Å². The predicted octanol–water partition coefficient (Wildman–Crippen LogP) is 2.48. The zero-order valence-electron chi connectivity index (χ0n) is 15.7. The fraction of sp³-hybridized carbons (Fsp3) is 0.286. The molecule has 1 amide bonds. The van der Waals surface area contributed by atoms with Gasteiger partial charge in [0, 0.05) is 16.8 Å². The summed E-state index contributed by atoms with van der Waals surface area (Å²) in [5.74, 6) is -0.519. The molecule has 6 nitrogen and oxygen atoms in total. The Morgan fingerprint density at radius 1 is 1.11 bits per heavy atom. The summed E-state index contributed by atoms with van der Waals surface area (Å²) in [6.07, 6.45) is 0.804. The number of anilines is 1. The first kappa shape index (κ1) is 18.8. The van der Waals surface area contributed by atoms with E-state index < -0.39 is 11.9 Å². The normalized spacial score (nSPS) is 16.0. The number of amides is 1. The van der Waals surface area contributed by atoms with Crippen LogP contribution >= 0.6 is 0 Å². The number of nitrogens with one attached hydrogen (secondary N) is 2. The van der Waals surface area contributed by atoms with Crippen LogP contribution in [0.25, 0.3) is 0 Å². The Bertz CT molecular complexity index is 901. The number of aliphatic imine (C=N–C) groups is 1. The van der Waals surface area contributed by atoms with Gasteiger partial charge in [0.15, 0.2) is 5.78 Å². The van der Waals surface area contributed by atoms with Crippen molar-refractivity contribution in [1.29, 1.82) is 0 Å². The van der Waals surface area contributed by atoms with Crippen LogP contribution in [0.3, 0.4) is 0 Å². The summed E-state index contributed by atoms with van der Waals surface area (Å²) < 4.78 is 0. The molecule has 1 heterocycles. The zero-order chi connectivity index (χ0) is 19.6. The van der Waals surface area contributed by atoms with Crippen molar-refractivity contribution < 1.29 is 9.59 Å². The number of benzene rings is 2. The van der Waals surface area contributed by atoms with Gasteiger partial charge in [0.05, 0.1) is 11.3 Å². The molecule has 0 saturated carbocycles. The second-order valence-corrected chi connectivity index (χ2v) is 7.38. The fourth-order valence-electron chi connectivity index (χ4n) is 3.25. The SMILES string of the molecule is CC(=O)c1ccc(NNC(C(N)=O)C2=NC(C)(C)Cc3ccccc32)cc1. The summed E-state index contributed by atoms with van der Waals surface area (Å²) in [5, 5.41) is 0. The Hall–Kier alpha value is -2.99. The minimum absolute atomic E-state index is 0.0000729. The highest BCUT2D eigenvalue weighted by atomic mass is 16.1. The number of hydrogen-bond donors (Lipinski definition) is 3. The molecule has 0 fully saturated rings. The fourth-order valence-corrected chi connectivity index (χ4v) is 3.25. The first-order valence-electron chi connectivity index (χ1n) is 8.87. The lowest BCUT2D eigenvalue weighted by Crippen LogP contribution is -2.51. The van der Waals surface area contributed by atoms with E-state index in [0.29, 0.717) is 11.3 Å². The third-order valence-electron chi connectivity index (χ3n) is 4.55. The molecule has 1 atom stereocenters. The van der Waals surface area contributed by atoms with Gasteiger partial charge >= 0.3 is 0 Å². The van der Waals surface area contributed by atoms with E-state index in [0.717, 1.165) is 23.2 Å². The number of rotatable bonds is 6. The third kappa shape index (κ3) is 4.23. The Kier molecular flexibility index (Phi) is 5.10. The van der Waals surface area contributed by atoms with Crippen LogP contribution in [-0.2, 0) is 11.2 Å². The van der Waals surface area contributed by atoms with Gasteiger partial charge in [-0.05, 0) is 57.0 Å². The van der Waals surface area contributed by atoms with Crippen LogP contribution in [0.2, 0.25) is 0 Å². The van der Waals surface area contributed by atoms with Gasteiger partial charge in [-0.2, -0.15) is 0 Å². The highest BCUT2D eigenvalue weighted by Crippen LogP contribution is 2.28. The van der Waals surface area contributed by atoms with E-state index in [-0.39, 0.29) is 11.3 Å². The first-order valence-corrected chi connectivity index (χ1v) is 8.87. The average molecular weight is 364 g/mol.